The van der Waals surface area contributed by atoms with Crippen LogP contribution in [0.1, 0.15) is 116 Å². The van der Waals surface area contributed by atoms with Crippen molar-refractivity contribution in [2.75, 3.05) is 0 Å². The Morgan fingerprint density at radius 3 is 1.02 bits per heavy atom. The Balaban J connectivity index is 0.000000217. The normalized spacial score (nSPS) is 22.3. The summed E-state index contributed by atoms with van der Waals surface area (Å²) >= 11 is 0. The molecule has 3 aliphatic rings. The Morgan fingerprint density at radius 1 is 0.517 bits per heavy atom. The van der Waals surface area contributed by atoms with E-state index in [2.05, 4.69) is 0 Å². The molecule has 10 heteroatoms. The van der Waals surface area contributed by atoms with Crippen molar-refractivity contribution in [3.05, 3.63) is 108 Å². The number of hydrogen-bond acceptors (Lipinski definition) is 9. The monoisotopic (exact) mass is 798 g/mol. The fraction of sp³-hybridized carbons (Fsp3) is 0.500. The van der Waals surface area contributed by atoms with Crippen molar-refractivity contribution in [1.29, 1.82) is 0 Å². The molecule has 58 heavy (non-hydrogen) atoms. The lowest BCUT2D eigenvalue weighted by Gasteiger charge is -2.29. The predicted octanol–water partition coefficient (Wildman–Crippen LogP) is 8.90. The van der Waals surface area contributed by atoms with Crippen LogP contribution in [0.15, 0.2) is 91.0 Å². The molecule has 0 radical (unpaired) electrons. The molecule has 3 saturated carbocycles. The van der Waals surface area contributed by atoms with Crippen LogP contribution in [0.2, 0.25) is 0 Å². The van der Waals surface area contributed by atoms with Crippen LogP contribution in [0.3, 0.4) is 0 Å². The highest BCUT2D eigenvalue weighted by Gasteiger charge is 2.50. The van der Waals surface area contributed by atoms with Crippen molar-refractivity contribution in [1.82, 2.24) is 0 Å². The number of carboxylic acids is 1. The van der Waals surface area contributed by atoms with Gasteiger partial charge in [-0.3, -0.25) is 28.8 Å². The van der Waals surface area contributed by atoms with Crippen molar-refractivity contribution in [2.45, 2.75) is 119 Å². The van der Waals surface area contributed by atoms with Crippen molar-refractivity contribution in [3.63, 3.8) is 0 Å². The lowest BCUT2D eigenvalue weighted by atomic mass is 9.76. The summed E-state index contributed by atoms with van der Waals surface area (Å²) in [6.45, 7) is 12.4. The summed E-state index contributed by atoms with van der Waals surface area (Å²) in [4.78, 5) is 69.7. The molecule has 0 amide bonds. The molecule has 0 spiro atoms. The molecule has 3 aromatic carbocycles. The van der Waals surface area contributed by atoms with Gasteiger partial charge in [-0.1, -0.05) is 133 Å². The van der Waals surface area contributed by atoms with Gasteiger partial charge in [0.2, 0.25) is 0 Å². The SMILES string of the molecule is CC(C)C1(C(=O)O)CCC(=O)C1.CC(C)C1(C(=O)OCc2ccccc2)CCC(=O)C1.CC(C)[C@]1(C(=O)OCc2ccccc2)CCC(=O)C1.OCc1ccccc1. The van der Waals surface area contributed by atoms with Crippen LogP contribution >= 0.6 is 0 Å². The van der Waals surface area contributed by atoms with Crippen LogP contribution in [-0.2, 0) is 58.1 Å². The Labute approximate surface area is 343 Å². The molecule has 0 saturated heterocycles. The minimum atomic E-state index is -0.816. The number of aliphatic hydroxyl groups is 1. The van der Waals surface area contributed by atoms with Crippen molar-refractivity contribution >= 4 is 35.3 Å². The first-order valence-corrected chi connectivity index (χ1v) is 20.4. The van der Waals surface area contributed by atoms with E-state index in [0.29, 0.717) is 51.4 Å². The van der Waals surface area contributed by atoms with E-state index in [-0.39, 0.29) is 73.3 Å². The highest BCUT2D eigenvalue weighted by molar-refractivity contribution is 5.92. The first-order valence-electron chi connectivity index (χ1n) is 20.4. The number of aliphatic carboxylic acids is 1. The molecule has 2 unspecified atom stereocenters. The number of esters is 2. The fourth-order valence-corrected chi connectivity index (χ4v) is 7.72. The van der Waals surface area contributed by atoms with Crippen LogP contribution in [-0.4, -0.2) is 45.5 Å². The second-order valence-corrected chi connectivity index (χ2v) is 16.7. The summed E-state index contributed by atoms with van der Waals surface area (Å²) in [7, 11) is 0. The Kier molecular flexibility index (Phi) is 18.2. The lowest BCUT2D eigenvalue weighted by Crippen LogP contribution is -2.35. The molecule has 3 aromatic rings. The Bertz CT molecular complexity index is 1710. The Hall–Kier alpha value is -4.96. The van der Waals surface area contributed by atoms with Crippen molar-refractivity contribution < 1.29 is 48.5 Å². The van der Waals surface area contributed by atoms with Gasteiger partial charge in [0.25, 0.3) is 0 Å². The standard InChI is InChI=1S/2C16H20O3.C9H14O3.C7H8O/c2*1-12(2)16(9-8-14(17)10-16)15(18)19-11-13-6-4-3-5-7-13;1-6(2)9(8(11)12)4-3-7(10)5-9;8-6-7-4-2-1-3-5-7/h2*3-7,12H,8-11H2,1-2H3;6H,3-5H2,1-2H3,(H,11,12);1-5,8H,6H2/t16-;;;/m0.../s1. The molecule has 3 fully saturated rings. The second-order valence-electron chi connectivity index (χ2n) is 16.7. The van der Waals surface area contributed by atoms with E-state index in [1.807, 2.05) is 133 Å². The number of carbonyl (C=O) groups excluding carboxylic acids is 5. The number of ketones is 3. The molecular formula is C48H62O10. The molecule has 0 heterocycles. The van der Waals surface area contributed by atoms with E-state index in [1.54, 1.807) is 0 Å². The maximum atomic E-state index is 12.4. The number of benzene rings is 3. The average molecular weight is 799 g/mol. The van der Waals surface area contributed by atoms with Crippen molar-refractivity contribution in [2.24, 2.45) is 34.0 Å². The van der Waals surface area contributed by atoms with E-state index in [9.17, 15) is 28.8 Å². The van der Waals surface area contributed by atoms with Gasteiger partial charge in [-0.05, 0) is 53.7 Å². The molecular weight excluding hydrogens is 737 g/mol. The fourth-order valence-electron chi connectivity index (χ4n) is 7.72. The van der Waals surface area contributed by atoms with Gasteiger partial charge >= 0.3 is 17.9 Å². The number of carboxylic acid groups (broad SMARTS) is 1. The smallest absolute Gasteiger partial charge is 0.313 e. The van der Waals surface area contributed by atoms with Gasteiger partial charge in [0.05, 0.1) is 22.9 Å². The van der Waals surface area contributed by atoms with Gasteiger partial charge in [-0.2, -0.15) is 0 Å². The molecule has 0 bridgehead atoms. The number of ether oxygens (including phenoxy) is 2. The number of Topliss-reactive ketones (excluding diaryl/α,β-unsaturated/α-hetero) is 3. The van der Waals surface area contributed by atoms with Gasteiger partial charge in [-0.25, -0.2) is 0 Å². The van der Waals surface area contributed by atoms with E-state index >= 15 is 0 Å². The quantitative estimate of drug-likeness (QED) is 0.179. The molecule has 3 aliphatic carbocycles. The van der Waals surface area contributed by atoms with Crippen LogP contribution < -0.4 is 0 Å². The van der Waals surface area contributed by atoms with E-state index in [0.717, 1.165) is 16.7 Å². The summed E-state index contributed by atoms with van der Waals surface area (Å²) < 4.78 is 10.9. The van der Waals surface area contributed by atoms with Crippen LogP contribution in [0.5, 0.6) is 0 Å². The summed E-state index contributed by atoms with van der Waals surface area (Å²) in [6.07, 6.45) is 4.07. The van der Waals surface area contributed by atoms with Gasteiger partial charge in [-0.15, -0.1) is 0 Å². The van der Waals surface area contributed by atoms with Gasteiger partial charge in [0, 0.05) is 38.5 Å². The third kappa shape index (κ3) is 12.8. The third-order valence-corrected chi connectivity index (χ3v) is 12.1. The molecule has 3 atom stereocenters. The van der Waals surface area contributed by atoms with E-state index < -0.39 is 22.2 Å². The second kappa shape index (κ2) is 22.3. The molecule has 10 nitrogen and oxygen atoms in total. The predicted molar refractivity (Wildman–Crippen MR) is 221 cm³/mol. The molecule has 0 aliphatic heterocycles. The van der Waals surface area contributed by atoms with Gasteiger partial charge < -0.3 is 19.7 Å². The maximum absolute atomic E-state index is 12.4. The molecule has 314 valence electrons. The third-order valence-electron chi connectivity index (χ3n) is 12.1. The van der Waals surface area contributed by atoms with Crippen LogP contribution in [0.4, 0.5) is 0 Å². The topological polar surface area (TPSA) is 161 Å². The highest BCUT2D eigenvalue weighted by atomic mass is 16.5. The summed E-state index contributed by atoms with van der Waals surface area (Å²) in [5, 5.41) is 17.5. The Morgan fingerprint density at radius 2 is 0.810 bits per heavy atom. The number of hydrogen-bond donors (Lipinski definition) is 2. The minimum Gasteiger partial charge on any atom is -0.481 e. The highest BCUT2D eigenvalue weighted by Crippen LogP contribution is 2.45. The summed E-state index contributed by atoms with van der Waals surface area (Å²) in [5.41, 5.74) is 0.931. The number of aliphatic hydroxyl groups excluding tert-OH is 1. The number of rotatable bonds is 11. The lowest BCUT2D eigenvalue weighted by molar-refractivity contribution is -0.161. The zero-order valence-corrected chi connectivity index (χ0v) is 35.0. The van der Waals surface area contributed by atoms with Crippen LogP contribution in [0, 0.1) is 34.0 Å². The zero-order chi connectivity index (χ0) is 42.9. The largest absolute Gasteiger partial charge is 0.481 e. The summed E-state index contributed by atoms with van der Waals surface area (Å²) in [6, 6.07) is 28.7. The zero-order valence-electron chi connectivity index (χ0n) is 35.0. The minimum absolute atomic E-state index is 0.0430. The van der Waals surface area contributed by atoms with Gasteiger partial charge in [0.15, 0.2) is 0 Å². The summed E-state index contributed by atoms with van der Waals surface area (Å²) in [5.74, 6) is -0.537. The molecule has 6 rings (SSSR count). The molecule has 2 N–H and O–H groups in total. The average Bonchev–Trinajstić information content (AvgIpc) is 3.95. The maximum Gasteiger partial charge on any atom is 0.313 e. The first-order chi connectivity index (χ1) is 27.5. The molecule has 0 aromatic heterocycles. The van der Waals surface area contributed by atoms with Crippen LogP contribution in [0.25, 0.3) is 0 Å². The van der Waals surface area contributed by atoms with Gasteiger partial charge in [0.1, 0.15) is 30.6 Å². The van der Waals surface area contributed by atoms with E-state index in [4.69, 9.17) is 19.7 Å². The van der Waals surface area contributed by atoms with Crippen molar-refractivity contribution in [3.8, 4) is 0 Å². The van der Waals surface area contributed by atoms with E-state index in [1.165, 1.54) is 0 Å². The first kappa shape index (κ1) is 47.4. The number of carbonyl (C=O) groups is 6.